The number of aromatic nitrogens is 3. The summed E-state index contributed by atoms with van der Waals surface area (Å²) >= 11 is 0. The zero-order valence-electron chi connectivity index (χ0n) is 5.53. The average Bonchev–Trinajstić information content (AvgIpc) is 2.33. The van der Waals surface area contributed by atoms with Gasteiger partial charge in [0, 0.05) is 6.54 Å². The molecule has 0 atom stereocenters. The maximum Gasteiger partial charge on any atom is 0.316 e. The second-order valence-electron chi connectivity index (χ2n) is 1.60. The molecule has 0 aliphatic rings. The highest BCUT2D eigenvalue weighted by molar-refractivity contribution is 4.90. The van der Waals surface area contributed by atoms with Crippen LogP contribution < -0.4 is 4.74 Å². The molecule has 0 saturated heterocycles. The first kappa shape index (κ1) is 6.07. The standard InChI is InChI=1S/C5H9N3O/c1-3-8-4-6-7-5(8)9-2/h4H,3H2,1-2H3. The van der Waals surface area contributed by atoms with Crippen LogP contribution >= 0.6 is 0 Å². The lowest BCUT2D eigenvalue weighted by molar-refractivity contribution is 0.358. The second-order valence-corrected chi connectivity index (χ2v) is 1.60. The highest BCUT2D eigenvalue weighted by Gasteiger charge is 1.97. The molecule has 1 aromatic heterocycles. The number of hydrogen-bond acceptors (Lipinski definition) is 3. The van der Waals surface area contributed by atoms with E-state index in [2.05, 4.69) is 10.2 Å². The van der Waals surface area contributed by atoms with Crippen molar-refractivity contribution in [3.8, 4) is 6.01 Å². The van der Waals surface area contributed by atoms with Crippen LogP contribution in [-0.2, 0) is 6.54 Å². The molecule has 4 nitrogen and oxygen atoms in total. The van der Waals surface area contributed by atoms with Crippen molar-refractivity contribution in [2.24, 2.45) is 0 Å². The summed E-state index contributed by atoms with van der Waals surface area (Å²) in [6, 6.07) is 0.567. The highest BCUT2D eigenvalue weighted by Crippen LogP contribution is 2.01. The number of ether oxygens (including phenoxy) is 1. The van der Waals surface area contributed by atoms with Crippen LogP contribution in [0.1, 0.15) is 6.92 Å². The van der Waals surface area contributed by atoms with E-state index in [1.54, 1.807) is 13.4 Å². The van der Waals surface area contributed by atoms with E-state index in [-0.39, 0.29) is 0 Å². The minimum absolute atomic E-state index is 0.567. The zero-order chi connectivity index (χ0) is 6.69. The molecular weight excluding hydrogens is 118 g/mol. The third-order valence-corrected chi connectivity index (χ3v) is 1.10. The smallest absolute Gasteiger partial charge is 0.316 e. The lowest BCUT2D eigenvalue weighted by Gasteiger charge is -1.97. The Hall–Kier alpha value is -1.06. The van der Waals surface area contributed by atoms with Gasteiger partial charge < -0.3 is 4.74 Å². The Morgan fingerprint density at radius 1 is 1.78 bits per heavy atom. The highest BCUT2D eigenvalue weighted by atomic mass is 16.5. The number of nitrogens with zero attached hydrogens (tertiary/aromatic N) is 3. The van der Waals surface area contributed by atoms with E-state index in [4.69, 9.17) is 4.74 Å². The molecule has 0 fully saturated rings. The van der Waals surface area contributed by atoms with Crippen molar-refractivity contribution in [2.75, 3.05) is 7.11 Å². The summed E-state index contributed by atoms with van der Waals surface area (Å²) in [5.41, 5.74) is 0. The van der Waals surface area contributed by atoms with E-state index in [1.165, 1.54) is 0 Å². The van der Waals surface area contributed by atoms with Gasteiger partial charge in [0.1, 0.15) is 6.33 Å². The van der Waals surface area contributed by atoms with Crippen LogP contribution in [0.5, 0.6) is 6.01 Å². The fraction of sp³-hybridized carbons (Fsp3) is 0.600. The normalized spacial score (nSPS) is 9.56. The molecular formula is C5H9N3O. The van der Waals surface area contributed by atoms with Crippen molar-refractivity contribution in [1.82, 2.24) is 14.8 Å². The van der Waals surface area contributed by atoms with Crippen molar-refractivity contribution in [1.29, 1.82) is 0 Å². The predicted molar refractivity (Wildman–Crippen MR) is 32.2 cm³/mol. The van der Waals surface area contributed by atoms with E-state index in [1.807, 2.05) is 11.5 Å². The van der Waals surface area contributed by atoms with Gasteiger partial charge in [-0.2, -0.15) is 0 Å². The molecule has 4 heteroatoms. The van der Waals surface area contributed by atoms with Gasteiger partial charge in [-0.05, 0) is 6.92 Å². The van der Waals surface area contributed by atoms with Crippen LogP contribution in [0.2, 0.25) is 0 Å². The predicted octanol–water partition coefficient (Wildman–Crippen LogP) is 0.307. The minimum Gasteiger partial charge on any atom is -0.467 e. The van der Waals surface area contributed by atoms with Gasteiger partial charge in [0.2, 0.25) is 0 Å². The Kier molecular flexibility index (Phi) is 1.67. The second kappa shape index (κ2) is 2.48. The molecule has 0 aromatic carbocycles. The Morgan fingerprint density at radius 2 is 2.56 bits per heavy atom. The summed E-state index contributed by atoms with van der Waals surface area (Å²) in [6.45, 7) is 2.85. The summed E-state index contributed by atoms with van der Waals surface area (Å²) in [5, 5.41) is 7.35. The van der Waals surface area contributed by atoms with Crippen molar-refractivity contribution in [3.05, 3.63) is 6.33 Å². The van der Waals surface area contributed by atoms with Gasteiger partial charge in [-0.1, -0.05) is 5.10 Å². The van der Waals surface area contributed by atoms with Gasteiger partial charge in [-0.3, -0.25) is 4.57 Å². The van der Waals surface area contributed by atoms with Gasteiger partial charge in [-0.25, -0.2) is 0 Å². The van der Waals surface area contributed by atoms with Crippen LogP contribution in [0.3, 0.4) is 0 Å². The van der Waals surface area contributed by atoms with Crippen LogP contribution in [0.15, 0.2) is 6.33 Å². The quantitative estimate of drug-likeness (QED) is 0.574. The molecule has 0 aliphatic heterocycles. The Balaban J connectivity index is 2.85. The first-order valence-electron chi connectivity index (χ1n) is 2.80. The lowest BCUT2D eigenvalue weighted by Crippen LogP contribution is -1.96. The first-order valence-corrected chi connectivity index (χ1v) is 2.80. The largest absolute Gasteiger partial charge is 0.467 e. The van der Waals surface area contributed by atoms with Gasteiger partial charge in [0.05, 0.1) is 7.11 Å². The van der Waals surface area contributed by atoms with Crippen molar-refractivity contribution in [2.45, 2.75) is 13.5 Å². The summed E-state index contributed by atoms with van der Waals surface area (Å²) in [6.07, 6.45) is 1.64. The van der Waals surface area contributed by atoms with Crippen LogP contribution in [0.25, 0.3) is 0 Å². The number of hydrogen-bond donors (Lipinski definition) is 0. The van der Waals surface area contributed by atoms with Gasteiger partial charge >= 0.3 is 6.01 Å². The summed E-state index contributed by atoms with van der Waals surface area (Å²) in [4.78, 5) is 0. The van der Waals surface area contributed by atoms with E-state index in [9.17, 15) is 0 Å². The van der Waals surface area contributed by atoms with E-state index in [0.29, 0.717) is 6.01 Å². The third-order valence-electron chi connectivity index (χ3n) is 1.10. The Morgan fingerprint density at radius 3 is 3.00 bits per heavy atom. The molecule has 9 heavy (non-hydrogen) atoms. The maximum atomic E-state index is 4.87. The molecule has 0 amide bonds. The fourth-order valence-corrected chi connectivity index (χ4v) is 0.619. The van der Waals surface area contributed by atoms with Crippen LogP contribution in [-0.4, -0.2) is 21.9 Å². The molecule has 0 bridgehead atoms. The zero-order valence-corrected chi connectivity index (χ0v) is 5.53. The monoisotopic (exact) mass is 127 g/mol. The molecule has 1 rings (SSSR count). The van der Waals surface area contributed by atoms with E-state index < -0.39 is 0 Å². The van der Waals surface area contributed by atoms with E-state index in [0.717, 1.165) is 6.54 Å². The van der Waals surface area contributed by atoms with Crippen LogP contribution in [0.4, 0.5) is 0 Å². The van der Waals surface area contributed by atoms with E-state index >= 15 is 0 Å². The topological polar surface area (TPSA) is 39.9 Å². The minimum atomic E-state index is 0.567. The molecule has 0 radical (unpaired) electrons. The molecule has 50 valence electrons. The van der Waals surface area contributed by atoms with Gasteiger partial charge in [-0.15, -0.1) is 5.10 Å². The summed E-state index contributed by atoms with van der Waals surface area (Å²) in [7, 11) is 1.58. The van der Waals surface area contributed by atoms with Crippen molar-refractivity contribution in [3.63, 3.8) is 0 Å². The lowest BCUT2D eigenvalue weighted by atomic mass is 10.7. The molecule has 1 heterocycles. The van der Waals surface area contributed by atoms with Crippen LogP contribution in [0, 0.1) is 0 Å². The average molecular weight is 127 g/mol. The summed E-state index contributed by atoms with van der Waals surface area (Å²) < 4.78 is 6.68. The Bertz CT molecular complexity index is 166. The molecule has 1 aromatic rings. The van der Waals surface area contributed by atoms with Gasteiger partial charge in [0.15, 0.2) is 0 Å². The Labute approximate surface area is 53.5 Å². The maximum absolute atomic E-state index is 4.87. The number of aryl methyl sites for hydroxylation is 1. The first-order chi connectivity index (χ1) is 4.38. The summed E-state index contributed by atoms with van der Waals surface area (Å²) in [5.74, 6) is 0. The molecule has 0 spiro atoms. The fourth-order valence-electron chi connectivity index (χ4n) is 0.619. The van der Waals surface area contributed by atoms with Crippen molar-refractivity contribution >= 4 is 0 Å². The number of methoxy groups -OCH3 is 1. The molecule has 0 N–H and O–H groups in total. The molecule has 0 aliphatic carbocycles. The third kappa shape index (κ3) is 1.01. The van der Waals surface area contributed by atoms with Crippen molar-refractivity contribution < 1.29 is 4.74 Å². The van der Waals surface area contributed by atoms with Gasteiger partial charge in [0.25, 0.3) is 0 Å². The molecule has 0 unspecified atom stereocenters. The number of rotatable bonds is 2. The SMILES string of the molecule is CCn1cnnc1OC. The molecule has 0 saturated carbocycles.